The van der Waals surface area contributed by atoms with Crippen LogP contribution in [0.4, 0.5) is 0 Å². The van der Waals surface area contributed by atoms with Crippen molar-refractivity contribution >= 4 is 11.5 Å². The Morgan fingerprint density at radius 2 is 1.68 bits per heavy atom. The Morgan fingerprint density at radius 1 is 1.04 bits per heavy atom. The van der Waals surface area contributed by atoms with Gasteiger partial charge in [-0.1, -0.05) is 32.0 Å². The van der Waals surface area contributed by atoms with Gasteiger partial charge in [-0.2, -0.15) is 0 Å². The van der Waals surface area contributed by atoms with Crippen LogP contribution in [0.2, 0.25) is 0 Å². The summed E-state index contributed by atoms with van der Waals surface area (Å²) in [4.78, 5) is 12.6. The molecule has 1 aromatic rings. The van der Waals surface area contributed by atoms with E-state index >= 15 is 0 Å². The van der Waals surface area contributed by atoms with E-state index in [4.69, 9.17) is 9.98 Å². The number of hydrogen-bond acceptors (Lipinski definition) is 4. The molecule has 1 fully saturated rings. The molecule has 0 aromatic heterocycles. The normalized spacial score (nSPS) is 18.8. The van der Waals surface area contributed by atoms with E-state index in [1.807, 2.05) is 0 Å². The Hall–Kier alpha value is -1.94. The standard InChI is InChI=1S/C24H35N3O/c1-5-20-8-7-9-21(6-2)22(20)23-25-18(4)16-17(3)24(26-23)27-13-10-19(11-14-27)12-15-28/h7-9,19,28H,5-6,10-16H2,1-4H3. The quantitative estimate of drug-likeness (QED) is 0.773. The van der Waals surface area contributed by atoms with Crippen LogP contribution in [0.15, 0.2) is 39.6 Å². The minimum Gasteiger partial charge on any atom is -0.396 e. The lowest BCUT2D eigenvalue weighted by molar-refractivity contribution is 0.183. The van der Waals surface area contributed by atoms with Crippen LogP contribution >= 0.6 is 0 Å². The SMILES string of the molecule is CCc1cccc(CC)c1C1=NC(N2CCC(CCO)CC2)=C(C)CC(C)=N1. The van der Waals surface area contributed by atoms with Gasteiger partial charge in [0.2, 0.25) is 0 Å². The third-order valence-electron chi connectivity index (χ3n) is 6.09. The maximum absolute atomic E-state index is 9.24. The summed E-state index contributed by atoms with van der Waals surface area (Å²) in [6.07, 6.45) is 6.05. The Labute approximate surface area is 170 Å². The predicted molar refractivity (Wildman–Crippen MR) is 118 cm³/mol. The summed E-state index contributed by atoms with van der Waals surface area (Å²) in [5.41, 5.74) is 6.33. The van der Waals surface area contributed by atoms with Crippen LogP contribution in [-0.2, 0) is 12.8 Å². The van der Waals surface area contributed by atoms with Crippen molar-refractivity contribution < 1.29 is 5.11 Å². The van der Waals surface area contributed by atoms with Crippen LogP contribution < -0.4 is 0 Å². The number of rotatable bonds is 6. The number of nitrogens with zero attached hydrogens (tertiary/aromatic N) is 3. The molecule has 0 saturated carbocycles. The first-order valence-corrected chi connectivity index (χ1v) is 10.9. The first-order valence-electron chi connectivity index (χ1n) is 10.9. The van der Waals surface area contributed by atoms with Gasteiger partial charge in [-0.25, -0.2) is 9.98 Å². The van der Waals surface area contributed by atoms with Crippen LogP contribution in [0.3, 0.4) is 0 Å². The number of aliphatic hydroxyl groups excluding tert-OH is 1. The van der Waals surface area contributed by atoms with Crippen LogP contribution in [0.1, 0.15) is 70.1 Å². The zero-order chi connectivity index (χ0) is 20.1. The third kappa shape index (κ3) is 4.54. The first kappa shape index (κ1) is 20.8. The molecular weight excluding hydrogens is 346 g/mol. The van der Waals surface area contributed by atoms with Crippen LogP contribution in [0.5, 0.6) is 0 Å². The second-order valence-corrected chi connectivity index (χ2v) is 8.16. The van der Waals surface area contributed by atoms with Gasteiger partial charge in [0.15, 0.2) is 5.84 Å². The molecule has 152 valence electrons. The van der Waals surface area contributed by atoms with E-state index in [-0.39, 0.29) is 0 Å². The summed E-state index contributed by atoms with van der Waals surface area (Å²) in [5.74, 6) is 2.64. The predicted octanol–water partition coefficient (Wildman–Crippen LogP) is 4.75. The van der Waals surface area contributed by atoms with E-state index < -0.39 is 0 Å². The van der Waals surface area contributed by atoms with E-state index in [0.717, 1.165) is 69.0 Å². The third-order valence-corrected chi connectivity index (χ3v) is 6.09. The molecule has 1 N–H and O–H groups in total. The second-order valence-electron chi connectivity index (χ2n) is 8.16. The van der Waals surface area contributed by atoms with Crippen LogP contribution in [0.25, 0.3) is 0 Å². The van der Waals surface area contributed by atoms with Crippen LogP contribution in [-0.4, -0.2) is 41.3 Å². The van der Waals surface area contributed by atoms with E-state index in [1.54, 1.807) is 0 Å². The Bertz CT molecular complexity index is 761. The molecule has 0 aliphatic carbocycles. The molecule has 0 amide bonds. The maximum Gasteiger partial charge on any atom is 0.161 e. The topological polar surface area (TPSA) is 48.2 Å². The van der Waals surface area contributed by atoms with Gasteiger partial charge in [0.1, 0.15) is 5.82 Å². The smallest absolute Gasteiger partial charge is 0.161 e. The molecule has 1 saturated heterocycles. The Morgan fingerprint density at radius 3 is 2.25 bits per heavy atom. The fourth-order valence-electron chi connectivity index (χ4n) is 4.50. The summed E-state index contributed by atoms with van der Waals surface area (Å²) in [7, 11) is 0. The Kier molecular flexibility index (Phi) is 7.06. The van der Waals surface area contributed by atoms with Gasteiger partial charge >= 0.3 is 0 Å². The molecule has 1 aromatic carbocycles. The molecular formula is C24H35N3O. The lowest BCUT2D eigenvalue weighted by Gasteiger charge is -2.34. The molecule has 3 rings (SSSR count). The maximum atomic E-state index is 9.24. The summed E-state index contributed by atoms with van der Waals surface area (Å²) >= 11 is 0. The fourth-order valence-corrected chi connectivity index (χ4v) is 4.50. The Balaban J connectivity index is 1.98. The summed E-state index contributed by atoms with van der Waals surface area (Å²) in [5, 5.41) is 9.24. The zero-order valence-electron chi connectivity index (χ0n) is 18.0. The van der Waals surface area contributed by atoms with E-state index in [2.05, 4.69) is 50.8 Å². The van der Waals surface area contributed by atoms with Gasteiger partial charge in [0.05, 0.1) is 0 Å². The molecule has 4 nitrogen and oxygen atoms in total. The van der Waals surface area contributed by atoms with E-state index in [0.29, 0.717) is 12.5 Å². The monoisotopic (exact) mass is 381 g/mol. The number of likely N-dealkylation sites (tertiary alicyclic amines) is 1. The lowest BCUT2D eigenvalue weighted by atomic mass is 9.93. The lowest BCUT2D eigenvalue weighted by Crippen LogP contribution is -2.33. The van der Waals surface area contributed by atoms with Crippen molar-refractivity contribution in [1.82, 2.24) is 4.90 Å². The highest BCUT2D eigenvalue weighted by Gasteiger charge is 2.24. The van der Waals surface area contributed by atoms with Crippen molar-refractivity contribution in [2.75, 3.05) is 19.7 Å². The summed E-state index contributed by atoms with van der Waals surface area (Å²) in [6, 6.07) is 6.58. The van der Waals surface area contributed by atoms with Gasteiger partial charge in [0, 0.05) is 37.4 Å². The van der Waals surface area contributed by atoms with Crippen LogP contribution in [0, 0.1) is 5.92 Å². The molecule has 0 unspecified atom stereocenters. The van der Waals surface area contributed by atoms with Crippen molar-refractivity contribution in [3.8, 4) is 0 Å². The molecule has 0 bridgehead atoms. The number of hydrogen-bond donors (Lipinski definition) is 1. The minimum atomic E-state index is 0.301. The highest BCUT2D eigenvalue weighted by molar-refractivity contribution is 6.09. The van der Waals surface area contributed by atoms with Gasteiger partial charge < -0.3 is 10.0 Å². The zero-order valence-corrected chi connectivity index (χ0v) is 18.0. The molecule has 4 heteroatoms. The highest BCUT2D eigenvalue weighted by atomic mass is 16.3. The van der Waals surface area contributed by atoms with Gasteiger partial charge in [-0.15, -0.1) is 0 Å². The molecule has 2 heterocycles. The second kappa shape index (κ2) is 9.51. The minimum absolute atomic E-state index is 0.301. The molecule has 0 atom stereocenters. The van der Waals surface area contributed by atoms with Gasteiger partial charge in [0.25, 0.3) is 0 Å². The number of aliphatic imine (C=N–C) groups is 2. The molecule has 2 aliphatic rings. The number of aryl methyl sites for hydroxylation is 2. The fraction of sp³-hybridized carbons (Fsp3) is 0.583. The van der Waals surface area contributed by atoms with Crippen molar-refractivity contribution in [2.24, 2.45) is 15.9 Å². The van der Waals surface area contributed by atoms with Gasteiger partial charge in [-0.05, 0) is 68.6 Å². The molecule has 0 spiro atoms. The summed E-state index contributed by atoms with van der Waals surface area (Å²) < 4.78 is 0. The number of piperidine rings is 1. The largest absolute Gasteiger partial charge is 0.396 e. The summed E-state index contributed by atoms with van der Waals surface area (Å²) in [6.45, 7) is 11.1. The van der Waals surface area contributed by atoms with E-state index in [1.165, 1.54) is 22.3 Å². The molecule has 0 radical (unpaired) electrons. The number of allylic oxidation sites excluding steroid dienone is 1. The van der Waals surface area contributed by atoms with Gasteiger partial charge in [-0.3, -0.25) is 0 Å². The number of aliphatic hydroxyl groups is 1. The van der Waals surface area contributed by atoms with Crippen molar-refractivity contribution in [3.63, 3.8) is 0 Å². The van der Waals surface area contributed by atoms with Crippen molar-refractivity contribution in [3.05, 3.63) is 46.3 Å². The first-order chi connectivity index (χ1) is 13.6. The molecule has 2 aliphatic heterocycles. The number of amidine groups is 1. The average Bonchev–Trinajstić information content (AvgIpc) is 2.85. The highest BCUT2D eigenvalue weighted by Crippen LogP contribution is 2.29. The van der Waals surface area contributed by atoms with E-state index in [9.17, 15) is 5.11 Å². The van der Waals surface area contributed by atoms with Crippen molar-refractivity contribution in [1.29, 1.82) is 0 Å². The number of benzene rings is 1. The van der Waals surface area contributed by atoms with Crippen molar-refractivity contribution in [2.45, 2.75) is 66.2 Å². The average molecular weight is 382 g/mol. The molecule has 28 heavy (non-hydrogen) atoms.